The van der Waals surface area contributed by atoms with Crippen LogP contribution in [0.3, 0.4) is 0 Å². The standard InChI is InChI=1S/C16H21N5O/c1-20(2)14-7-5-6-12(10-14)15(22)18-11-13-8-9-17-16(19-13)21(3)4/h5-10H,11H2,1-4H3,(H,18,22). The number of carbonyl (C=O) groups is 1. The molecule has 0 bridgehead atoms. The molecule has 116 valence electrons. The summed E-state index contributed by atoms with van der Waals surface area (Å²) in [6, 6.07) is 9.29. The number of aromatic nitrogens is 2. The predicted octanol–water partition coefficient (Wildman–Crippen LogP) is 1.54. The minimum absolute atomic E-state index is 0.117. The molecule has 0 fully saturated rings. The largest absolute Gasteiger partial charge is 0.378 e. The van der Waals surface area contributed by atoms with Crippen LogP contribution in [0.1, 0.15) is 16.1 Å². The molecule has 2 aromatic rings. The van der Waals surface area contributed by atoms with E-state index in [0.29, 0.717) is 18.1 Å². The summed E-state index contributed by atoms with van der Waals surface area (Å²) in [5, 5.41) is 2.88. The van der Waals surface area contributed by atoms with Gasteiger partial charge in [-0.25, -0.2) is 9.97 Å². The fourth-order valence-corrected chi connectivity index (χ4v) is 1.90. The second kappa shape index (κ2) is 6.89. The Morgan fingerprint density at radius 3 is 2.59 bits per heavy atom. The van der Waals surface area contributed by atoms with Crippen molar-refractivity contribution in [1.29, 1.82) is 0 Å². The number of anilines is 2. The van der Waals surface area contributed by atoms with Crippen molar-refractivity contribution < 1.29 is 4.79 Å². The molecule has 0 unspecified atom stereocenters. The molecule has 0 spiro atoms. The highest BCUT2D eigenvalue weighted by atomic mass is 16.1. The molecule has 0 saturated heterocycles. The lowest BCUT2D eigenvalue weighted by Gasteiger charge is -2.14. The summed E-state index contributed by atoms with van der Waals surface area (Å²) >= 11 is 0. The number of hydrogen-bond donors (Lipinski definition) is 1. The molecular weight excluding hydrogens is 278 g/mol. The number of nitrogens with zero attached hydrogens (tertiary/aromatic N) is 4. The van der Waals surface area contributed by atoms with E-state index in [-0.39, 0.29) is 5.91 Å². The van der Waals surface area contributed by atoms with Crippen molar-refractivity contribution in [3.8, 4) is 0 Å². The zero-order valence-corrected chi connectivity index (χ0v) is 13.4. The smallest absolute Gasteiger partial charge is 0.251 e. The molecule has 1 heterocycles. The Morgan fingerprint density at radius 1 is 1.14 bits per heavy atom. The first-order valence-electron chi connectivity index (χ1n) is 7.02. The van der Waals surface area contributed by atoms with Crippen molar-refractivity contribution in [1.82, 2.24) is 15.3 Å². The third-order valence-corrected chi connectivity index (χ3v) is 3.16. The summed E-state index contributed by atoms with van der Waals surface area (Å²) in [6.45, 7) is 0.369. The summed E-state index contributed by atoms with van der Waals surface area (Å²) in [7, 11) is 7.65. The average Bonchev–Trinajstić information content (AvgIpc) is 2.53. The maximum absolute atomic E-state index is 12.2. The van der Waals surface area contributed by atoms with Crippen LogP contribution in [0, 0.1) is 0 Å². The molecule has 1 amide bonds. The Balaban J connectivity index is 2.04. The van der Waals surface area contributed by atoms with Gasteiger partial charge in [0.05, 0.1) is 12.2 Å². The van der Waals surface area contributed by atoms with Crippen LogP contribution in [0.5, 0.6) is 0 Å². The van der Waals surface area contributed by atoms with E-state index in [2.05, 4.69) is 15.3 Å². The number of rotatable bonds is 5. The number of benzene rings is 1. The van der Waals surface area contributed by atoms with Crippen molar-refractivity contribution in [3.05, 3.63) is 47.8 Å². The summed E-state index contributed by atoms with van der Waals surface area (Å²) in [5.74, 6) is 0.509. The highest BCUT2D eigenvalue weighted by Gasteiger charge is 2.08. The van der Waals surface area contributed by atoms with Crippen molar-refractivity contribution in [3.63, 3.8) is 0 Å². The van der Waals surface area contributed by atoms with Gasteiger partial charge in [-0.15, -0.1) is 0 Å². The molecule has 1 N–H and O–H groups in total. The van der Waals surface area contributed by atoms with Gasteiger partial charge in [0.15, 0.2) is 0 Å². The van der Waals surface area contributed by atoms with Gasteiger partial charge >= 0.3 is 0 Å². The van der Waals surface area contributed by atoms with E-state index in [1.807, 2.05) is 56.2 Å². The van der Waals surface area contributed by atoms with Gasteiger partial charge in [-0.1, -0.05) is 6.07 Å². The van der Waals surface area contributed by atoms with Gasteiger partial charge in [-0.3, -0.25) is 4.79 Å². The first-order valence-corrected chi connectivity index (χ1v) is 7.02. The van der Waals surface area contributed by atoms with E-state index in [0.717, 1.165) is 11.4 Å². The van der Waals surface area contributed by atoms with Crippen LogP contribution in [0.2, 0.25) is 0 Å². The van der Waals surface area contributed by atoms with Crippen LogP contribution in [-0.2, 0) is 6.54 Å². The molecule has 1 aromatic carbocycles. The minimum Gasteiger partial charge on any atom is -0.378 e. The van der Waals surface area contributed by atoms with Crippen molar-refractivity contribution in [2.75, 3.05) is 38.0 Å². The van der Waals surface area contributed by atoms with Crippen LogP contribution in [-0.4, -0.2) is 44.1 Å². The van der Waals surface area contributed by atoms with Gasteiger partial charge in [0.25, 0.3) is 5.91 Å². The topological polar surface area (TPSA) is 61.4 Å². The molecule has 6 nitrogen and oxygen atoms in total. The second-order valence-electron chi connectivity index (χ2n) is 5.37. The molecular formula is C16H21N5O. The molecule has 0 radical (unpaired) electrons. The molecule has 1 aromatic heterocycles. The predicted molar refractivity (Wildman–Crippen MR) is 88.3 cm³/mol. The summed E-state index contributed by atoms with van der Waals surface area (Å²) < 4.78 is 0. The Labute approximate surface area is 130 Å². The SMILES string of the molecule is CN(C)c1cccc(C(=O)NCc2ccnc(N(C)C)n2)c1. The lowest BCUT2D eigenvalue weighted by Crippen LogP contribution is -2.24. The third-order valence-electron chi connectivity index (χ3n) is 3.16. The van der Waals surface area contributed by atoms with Gasteiger partial charge < -0.3 is 15.1 Å². The van der Waals surface area contributed by atoms with Gasteiger partial charge in [0, 0.05) is 45.6 Å². The minimum atomic E-state index is -0.117. The molecule has 0 saturated carbocycles. The maximum atomic E-state index is 12.2. The van der Waals surface area contributed by atoms with Crippen LogP contribution < -0.4 is 15.1 Å². The first kappa shape index (κ1) is 15.8. The van der Waals surface area contributed by atoms with Crippen LogP contribution in [0.4, 0.5) is 11.6 Å². The molecule has 0 aliphatic heterocycles. The Morgan fingerprint density at radius 2 is 1.91 bits per heavy atom. The highest BCUT2D eigenvalue weighted by molar-refractivity contribution is 5.95. The fourth-order valence-electron chi connectivity index (χ4n) is 1.90. The number of amides is 1. The van der Waals surface area contributed by atoms with Crippen molar-refractivity contribution in [2.45, 2.75) is 6.54 Å². The lowest BCUT2D eigenvalue weighted by atomic mass is 10.2. The number of nitrogens with one attached hydrogen (secondary N) is 1. The molecule has 0 atom stereocenters. The van der Waals surface area contributed by atoms with Gasteiger partial charge in [-0.2, -0.15) is 0 Å². The Bertz CT molecular complexity index is 654. The molecule has 2 rings (SSSR count). The first-order chi connectivity index (χ1) is 10.5. The van der Waals surface area contributed by atoms with Gasteiger partial charge in [0.1, 0.15) is 0 Å². The normalized spacial score (nSPS) is 10.2. The van der Waals surface area contributed by atoms with Gasteiger partial charge in [-0.05, 0) is 24.3 Å². The monoisotopic (exact) mass is 299 g/mol. The maximum Gasteiger partial charge on any atom is 0.251 e. The van der Waals surface area contributed by atoms with Crippen LogP contribution >= 0.6 is 0 Å². The number of carbonyl (C=O) groups excluding carboxylic acids is 1. The zero-order valence-electron chi connectivity index (χ0n) is 13.4. The molecule has 22 heavy (non-hydrogen) atoms. The highest BCUT2D eigenvalue weighted by Crippen LogP contribution is 2.13. The third kappa shape index (κ3) is 3.94. The van der Waals surface area contributed by atoms with E-state index in [4.69, 9.17) is 0 Å². The van der Waals surface area contributed by atoms with Crippen molar-refractivity contribution in [2.24, 2.45) is 0 Å². The summed E-state index contributed by atoms with van der Waals surface area (Å²) in [5.41, 5.74) is 2.40. The Kier molecular flexibility index (Phi) is 4.93. The van der Waals surface area contributed by atoms with Crippen molar-refractivity contribution >= 4 is 17.5 Å². The van der Waals surface area contributed by atoms with Crippen LogP contribution in [0.25, 0.3) is 0 Å². The second-order valence-corrected chi connectivity index (χ2v) is 5.37. The molecule has 6 heteroatoms. The van der Waals surface area contributed by atoms with E-state index in [9.17, 15) is 4.79 Å². The molecule has 0 aliphatic rings. The quantitative estimate of drug-likeness (QED) is 0.907. The fraction of sp³-hybridized carbons (Fsp3) is 0.312. The zero-order chi connectivity index (χ0) is 16.1. The van der Waals surface area contributed by atoms with E-state index < -0.39 is 0 Å². The molecule has 0 aliphatic carbocycles. The van der Waals surface area contributed by atoms with Crippen LogP contribution in [0.15, 0.2) is 36.5 Å². The Hall–Kier alpha value is -2.63. The summed E-state index contributed by atoms with van der Waals surface area (Å²) in [4.78, 5) is 24.5. The number of hydrogen-bond acceptors (Lipinski definition) is 5. The van der Waals surface area contributed by atoms with E-state index in [1.165, 1.54) is 0 Å². The van der Waals surface area contributed by atoms with E-state index in [1.54, 1.807) is 18.3 Å². The van der Waals surface area contributed by atoms with E-state index >= 15 is 0 Å². The average molecular weight is 299 g/mol. The lowest BCUT2D eigenvalue weighted by molar-refractivity contribution is 0.0950. The van der Waals surface area contributed by atoms with Gasteiger partial charge in [0.2, 0.25) is 5.95 Å². The summed E-state index contributed by atoms with van der Waals surface area (Å²) in [6.07, 6.45) is 1.69.